The summed E-state index contributed by atoms with van der Waals surface area (Å²) in [5.41, 5.74) is 1.18. The lowest BCUT2D eigenvalue weighted by molar-refractivity contribution is -0.132. The van der Waals surface area contributed by atoms with E-state index in [2.05, 4.69) is 23.5 Å². The zero-order valence-corrected chi connectivity index (χ0v) is 23.3. The van der Waals surface area contributed by atoms with E-state index in [4.69, 9.17) is 9.47 Å². The molecule has 3 heterocycles. The Balaban J connectivity index is 1.74. The number of hydrogen-bond donors (Lipinski definition) is 1. The highest BCUT2D eigenvalue weighted by Crippen LogP contribution is 2.44. The number of carbonyl (C=O) groups excluding carboxylic acids is 3. The fraction of sp³-hybridized carbons (Fsp3) is 0.300. The third-order valence-electron chi connectivity index (χ3n) is 6.37. The van der Waals surface area contributed by atoms with Gasteiger partial charge in [-0.05, 0) is 43.2 Å². The molecule has 9 nitrogen and oxygen atoms in total. The Labute approximate surface area is 236 Å². The molecule has 1 amide bonds. The first-order valence-electron chi connectivity index (χ1n) is 13.1. The third-order valence-corrected chi connectivity index (χ3v) is 7.51. The maximum Gasteiger partial charge on any atom is 0.350 e. The minimum atomic E-state index is -0.991. The molecule has 208 valence electrons. The Morgan fingerprint density at radius 2 is 1.85 bits per heavy atom. The van der Waals surface area contributed by atoms with Crippen LogP contribution in [0.25, 0.3) is 5.76 Å². The van der Waals surface area contributed by atoms with Crippen LogP contribution in [0.1, 0.15) is 65.1 Å². The number of carbonyl (C=O) groups is 3. The van der Waals surface area contributed by atoms with Gasteiger partial charge in [-0.15, -0.1) is 0 Å². The van der Waals surface area contributed by atoms with Crippen LogP contribution in [-0.2, 0) is 14.3 Å². The molecule has 0 saturated carbocycles. The number of pyridine rings is 1. The lowest BCUT2D eigenvalue weighted by Crippen LogP contribution is -2.29. The van der Waals surface area contributed by atoms with Gasteiger partial charge in [0.2, 0.25) is 0 Å². The van der Waals surface area contributed by atoms with E-state index in [1.54, 1.807) is 43.3 Å². The lowest BCUT2D eigenvalue weighted by atomic mass is 9.95. The van der Waals surface area contributed by atoms with E-state index >= 15 is 0 Å². The van der Waals surface area contributed by atoms with Gasteiger partial charge >= 0.3 is 11.9 Å². The Morgan fingerprint density at radius 3 is 2.52 bits per heavy atom. The van der Waals surface area contributed by atoms with Gasteiger partial charge in [-0.25, -0.2) is 9.78 Å². The first-order valence-corrected chi connectivity index (χ1v) is 13.9. The summed E-state index contributed by atoms with van der Waals surface area (Å²) in [5.74, 6) is -2.01. The number of amides is 1. The van der Waals surface area contributed by atoms with Crippen molar-refractivity contribution in [2.75, 3.05) is 18.1 Å². The lowest BCUT2D eigenvalue weighted by Gasteiger charge is -2.23. The van der Waals surface area contributed by atoms with E-state index in [0.29, 0.717) is 29.2 Å². The van der Waals surface area contributed by atoms with Crippen LogP contribution in [0, 0.1) is 6.92 Å². The minimum Gasteiger partial charge on any atom is -0.507 e. The zero-order valence-electron chi connectivity index (χ0n) is 22.5. The van der Waals surface area contributed by atoms with Crippen LogP contribution in [0.4, 0.5) is 5.13 Å². The second-order valence-electron chi connectivity index (χ2n) is 9.18. The van der Waals surface area contributed by atoms with Crippen LogP contribution < -0.4 is 9.64 Å². The molecular weight excluding hydrogens is 530 g/mol. The SMILES string of the molecule is C=CCOC(=O)c1sc(N2C(=O)C(=O)/C(=C(/O)c3ccncc3)C2c2ccc(OCCCCCC)cc2)nc1C. The molecule has 0 aliphatic carbocycles. The summed E-state index contributed by atoms with van der Waals surface area (Å²) in [7, 11) is 0. The van der Waals surface area contributed by atoms with Gasteiger partial charge < -0.3 is 14.6 Å². The van der Waals surface area contributed by atoms with E-state index in [-0.39, 0.29) is 27.9 Å². The molecule has 4 rings (SSSR count). The van der Waals surface area contributed by atoms with Gasteiger partial charge in [0.25, 0.3) is 5.78 Å². The average Bonchev–Trinajstić information content (AvgIpc) is 3.48. The Kier molecular flexibility index (Phi) is 9.44. The highest BCUT2D eigenvalue weighted by Gasteiger charge is 2.48. The molecule has 10 heteroatoms. The second-order valence-corrected chi connectivity index (χ2v) is 10.2. The molecular formula is C30H31N3O6S. The monoisotopic (exact) mass is 561 g/mol. The molecule has 1 fully saturated rings. The molecule has 40 heavy (non-hydrogen) atoms. The van der Waals surface area contributed by atoms with Crippen molar-refractivity contribution in [1.29, 1.82) is 0 Å². The van der Waals surface area contributed by atoms with E-state index in [0.717, 1.165) is 37.0 Å². The number of anilines is 1. The molecule has 1 aliphatic rings. The van der Waals surface area contributed by atoms with Gasteiger partial charge in [0.1, 0.15) is 23.0 Å². The van der Waals surface area contributed by atoms with Gasteiger partial charge in [-0.3, -0.25) is 19.5 Å². The number of Topliss-reactive ketones (excluding diaryl/α,β-unsaturated/α-hetero) is 1. The molecule has 0 bridgehead atoms. The molecule has 2 aromatic heterocycles. The number of aliphatic hydroxyl groups excluding tert-OH is 1. The fourth-order valence-electron chi connectivity index (χ4n) is 4.35. The molecule has 1 unspecified atom stereocenters. The number of aliphatic hydroxyl groups is 1. The highest BCUT2D eigenvalue weighted by molar-refractivity contribution is 7.17. The van der Waals surface area contributed by atoms with Gasteiger partial charge in [0.05, 0.1) is 23.9 Å². The molecule has 0 spiro atoms. The van der Waals surface area contributed by atoms with Gasteiger partial charge in [-0.1, -0.05) is 62.3 Å². The quantitative estimate of drug-likeness (QED) is 0.0739. The summed E-state index contributed by atoms with van der Waals surface area (Å²) in [6, 6.07) is 9.16. The largest absolute Gasteiger partial charge is 0.507 e. The van der Waals surface area contributed by atoms with Crippen LogP contribution in [0.2, 0.25) is 0 Å². The van der Waals surface area contributed by atoms with Crippen molar-refractivity contribution in [3.05, 3.63) is 88.7 Å². The summed E-state index contributed by atoms with van der Waals surface area (Å²) in [5, 5.41) is 11.4. The normalized spacial score (nSPS) is 16.2. The Bertz CT molecular complexity index is 1410. The van der Waals surface area contributed by atoms with Crippen LogP contribution >= 0.6 is 11.3 Å². The number of thiazole rings is 1. The number of aromatic nitrogens is 2. The first kappa shape index (κ1) is 28.7. The number of esters is 1. The van der Waals surface area contributed by atoms with Gasteiger partial charge in [-0.2, -0.15) is 0 Å². The van der Waals surface area contributed by atoms with Gasteiger partial charge in [0.15, 0.2) is 5.13 Å². The van der Waals surface area contributed by atoms with Crippen molar-refractivity contribution in [2.45, 2.75) is 45.6 Å². The molecule has 1 N–H and O–H groups in total. The standard InChI is InChI=1S/C30H31N3O6S/c1-4-6-7-8-18-38-22-11-9-20(10-12-22)24-23(25(34)21-13-15-31-16-14-21)26(35)28(36)33(24)30-32-19(3)27(40-30)29(37)39-17-5-2/h5,9-16,24,34H,2,4,6-8,17-18H2,1,3H3/b25-23+. The maximum atomic E-state index is 13.4. The van der Waals surface area contributed by atoms with Crippen LogP contribution in [0.5, 0.6) is 5.75 Å². The Morgan fingerprint density at radius 1 is 1.12 bits per heavy atom. The summed E-state index contributed by atoms with van der Waals surface area (Å²) >= 11 is 0.944. The van der Waals surface area contributed by atoms with Crippen LogP contribution in [-0.4, -0.2) is 45.9 Å². The summed E-state index contributed by atoms with van der Waals surface area (Å²) < 4.78 is 11.0. The fourth-order valence-corrected chi connectivity index (χ4v) is 5.34. The van der Waals surface area contributed by atoms with E-state index in [1.165, 1.54) is 23.4 Å². The van der Waals surface area contributed by atoms with Crippen molar-refractivity contribution in [1.82, 2.24) is 9.97 Å². The summed E-state index contributed by atoms with van der Waals surface area (Å²) in [6.07, 6.45) is 8.75. The smallest absolute Gasteiger partial charge is 0.350 e. The number of benzene rings is 1. The zero-order chi connectivity index (χ0) is 28.6. The first-order chi connectivity index (χ1) is 19.4. The maximum absolute atomic E-state index is 13.4. The topological polar surface area (TPSA) is 119 Å². The minimum absolute atomic E-state index is 0.0228. The molecule has 3 aromatic rings. The van der Waals surface area contributed by atoms with Crippen LogP contribution in [0.3, 0.4) is 0 Å². The number of unbranched alkanes of at least 4 members (excludes halogenated alkanes) is 3. The van der Waals surface area contributed by atoms with Crippen molar-refractivity contribution >= 4 is 39.9 Å². The number of nitrogens with zero attached hydrogens (tertiary/aromatic N) is 3. The second kappa shape index (κ2) is 13.2. The van der Waals surface area contributed by atoms with Gasteiger partial charge in [0, 0.05) is 18.0 Å². The predicted octanol–water partition coefficient (Wildman–Crippen LogP) is 5.77. The van der Waals surface area contributed by atoms with Crippen molar-refractivity contribution in [2.24, 2.45) is 0 Å². The molecule has 0 radical (unpaired) electrons. The number of hydrogen-bond acceptors (Lipinski definition) is 9. The molecule has 1 aliphatic heterocycles. The number of ketones is 1. The molecule has 1 atom stereocenters. The summed E-state index contributed by atoms with van der Waals surface area (Å²) in [6.45, 7) is 7.93. The highest BCUT2D eigenvalue weighted by atomic mass is 32.1. The van der Waals surface area contributed by atoms with Crippen LogP contribution in [0.15, 0.2) is 67.0 Å². The number of ether oxygens (including phenoxy) is 2. The van der Waals surface area contributed by atoms with Crippen molar-refractivity contribution in [3.63, 3.8) is 0 Å². The summed E-state index contributed by atoms with van der Waals surface area (Å²) in [4.78, 5) is 49.2. The number of aryl methyl sites for hydroxylation is 1. The predicted molar refractivity (Wildman–Crippen MR) is 152 cm³/mol. The van der Waals surface area contributed by atoms with E-state index in [9.17, 15) is 19.5 Å². The number of rotatable bonds is 12. The Hall–Kier alpha value is -4.31. The average molecular weight is 562 g/mol. The third kappa shape index (κ3) is 6.12. The van der Waals surface area contributed by atoms with E-state index < -0.39 is 23.7 Å². The van der Waals surface area contributed by atoms with Crippen molar-refractivity contribution < 1.29 is 29.0 Å². The van der Waals surface area contributed by atoms with Crippen molar-refractivity contribution in [3.8, 4) is 5.75 Å². The van der Waals surface area contributed by atoms with E-state index in [1.807, 2.05) is 0 Å². The molecule has 1 saturated heterocycles. The molecule has 1 aromatic carbocycles.